The van der Waals surface area contributed by atoms with Gasteiger partial charge in [0.25, 0.3) is 10.0 Å². The monoisotopic (exact) mass is 659 g/mol. The van der Waals surface area contributed by atoms with Gasteiger partial charge < -0.3 is 19.7 Å². The van der Waals surface area contributed by atoms with Crippen LogP contribution in [0, 0.1) is 5.82 Å². The van der Waals surface area contributed by atoms with Gasteiger partial charge in [0.05, 0.1) is 10.6 Å². The molecule has 246 valence electrons. The topological polar surface area (TPSA) is 105 Å². The van der Waals surface area contributed by atoms with Crippen molar-refractivity contribution in [3.8, 4) is 11.5 Å². The van der Waals surface area contributed by atoms with Gasteiger partial charge in [0.1, 0.15) is 31.6 Å². The van der Waals surface area contributed by atoms with Crippen LogP contribution in [0.5, 0.6) is 11.5 Å². The summed E-state index contributed by atoms with van der Waals surface area (Å²) in [6.07, 6.45) is 0.158. The van der Waals surface area contributed by atoms with Crippen molar-refractivity contribution in [1.29, 1.82) is 0 Å². The summed E-state index contributed by atoms with van der Waals surface area (Å²) in [5.41, 5.74) is 0.939. The largest absolute Gasteiger partial charge is 0.486 e. The highest BCUT2D eigenvalue weighted by atomic mass is 32.2. The molecule has 0 unspecified atom stereocenters. The molecule has 1 aliphatic heterocycles. The van der Waals surface area contributed by atoms with Crippen LogP contribution in [0.25, 0.3) is 0 Å². The molecule has 4 aromatic carbocycles. The third-order valence-electron chi connectivity index (χ3n) is 7.46. The maximum atomic E-state index is 14.6. The average Bonchev–Trinajstić information content (AvgIpc) is 3.05. The number of nitrogens with one attached hydrogen (secondary N) is 1. The molecular weight excluding hydrogens is 621 g/mol. The van der Waals surface area contributed by atoms with Crippen molar-refractivity contribution < 1.29 is 31.9 Å². The Morgan fingerprint density at radius 2 is 1.45 bits per heavy atom. The standard InChI is InChI=1S/C36H38FN3O6S/c1-36(2,3)38-35(42)31(22-26-10-6-4-7-11-26)39(24-27-14-16-28(37)17-15-27)34(41)25-40(47(43,44)30-12-8-5-9-13-30)29-18-19-32-33(23-29)46-21-20-45-32/h4-19,23,31H,20-22,24-25H2,1-3H3,(H,38,42)/t31-/m0/s1. The minimum atomic E-state index is -4.28. The van der Waals surface area contributed by atoms with E-state index in [1.165, 1.54) is 47.4 Å². The first-order valence-corrected chi connectivity index (χ1v) is 16.7. The smallest absolute Gasteiger partial charge is 0.264 e. The van der Waals surface area contributed by atoms with Crippen LogP contribution in [0.2, 0.25) is 0 Å². The first-order valence-electron chi connectivity index (χ1n) is 15.3. The zero-order valence-electron chi connectivity index (χ0n) is 26.6. The number of ether oxygens (including phenoxy) is 2. The van der Waals surface area contributed by atoms with E-state index in [0.717, 1.165) is 9.87 Å². The molecule has 0 fully saturated rings. The van der Waals surface area contributed by atoms with Gasteiger partial charge in [-0.3, -0.25) is 13.9 Å². The number of benzene rings is 4. The molecule has 1 atom stereocenters. The second kappa shape index (κ2) is 14.3. The molecule has 0 aliphatic carbocycles. The molecule has 11 heteroatoms. The molecule has 0 saturated carbocycles. The minimum absolute atomic E-state index is 0.0147. The number of nitrogens with zero attached hydrogens (tertiary/aromatic N) is 2. The Balaban J connectivity index is 1.59. The summed E-state index contributed by atoms with van der Waals surface area (Å²) >= 11 is 0. The van der Waals surface area contributed by atoms with Crippen molar-refractivity contribution in [2.24, 2.45) is 0 Å². The third kappa shape index (κ3) is 8.48. The summed E-state index contributed by atoms with van der Waals surface area (Å²) in [4.78, 5) is 29.9. The summed E-state index contributed by atoms with van der Waals surface area (Å²) in [5.74, 6) is -0.675. The summed E-state index contributed by atoms with van der Waals surface area (Å²) in [6, 6.07) is 26.4. The highest BCUT2D eigenvalue weighted by Gasteiger charge is 2.36. The molecule has 1 heterocycles. The van der Waals surface area contributed by atoms with Crippen molar-refractivity contribution in [2.75, 3.05) is 24.1 Å². The Labute approximate surface area is 275 Å². The number of hydrogen-bond acceptors (Lipinski definition) is 6. The van der Waals surface area contributed by atoms with Crippen molar-refractivity contribution in [3.05, 3.63) is 120 Å². The lowest BCUT2D eigenvalue weighted by Gasteiger charge is -2.35. The van der Waals surface area contributed by atoms with E-state index >= 15 is 0 Å². The maximum Gasteiger partial charge on any atom is 0.264 e. The van der Waals surface area contributed by atoms with E-state index in [4.69, 9.17) is 9.47 Å². The number of fused-ring (bicyclic) bond motifs is 1. The molecule has 2 amide bonds. The van der Waals surface area contributed by atoms with E-state index in [1.807, 2.05) is 51.1 Å². The van der Waals surface area contributed by atoms with Crippen LogP contribution in [0.15, 0.2) is 108 Å². The van der Waals surface area contributed by atoms with Gasteiger partial charge in [-0.25, -0.2) is 12.8 Å². The lowest BCUT2D eigenvalue weighted by atomic mass is 10.0. The summed E-state index contributed by atoms with van der Waals surface area (Å²) in [5, 5.41) is 2.99. The molecule has 5 rings (SSSR count). The molecular formula is C36H38FN3O6S. The van der Waals surface area contributed by atoms with Crippen LogP contribution < -0.4 is 19.1 Å². The van der Waals surface area contributed by atoms with Gasteiger partial charge in [-0.05, 0) is 68.3 Å². The van der Waals surface area contributed by atoms with E-state index in [-0.39, 0.29) is 30.2 Å². The first-order chi connectivity index (χ1) is 22.4. The molecule has 0 spiro atoms. The zero-order valence-corrected chi connectivity index (χ0v) is 27.4. The molecule has 0 aromatic heterocycles. The Morgan fingerprint density at radius 3 is 2.09 bits per heavy atom. The highest BCUT2D eigenvalue weighted by Crippen LogP contribution is 2.36. The second-order valence-electron chi connectivity index (χ2n) is 12.2. The predicted molar refractivity (Wildman–Crippen MR) is 177 cm³/mol. The maximum absolute atomic E-state index is 14.6. The van der Waals surface area contributed by atoms with Crippen LogP contribution in [0.3, 0.4) is 0 Å². The zero-order chi connectivity index (χ0) is 33.6. The Morgan fingerprint density at radius 1 is 0.830 bits per heavy atom. The van der Waals surface area contributed by atoms with Crippen LogP contribution in [0.4, 0.5) is 10.1 Å². The fourth-order valence-electron chi connectivity index (χ4n) is 5.23. The Kier molecular flexibility index (Phi) is 10.1. The van der Waals surface area contributed by atoms with Crippen LogP contribution in [-0.4, -0.2) is 56.5 Å². The molecule has 47 heavy (non-hydrogen) atoms. The van der Waals surface area contributed by atoms with E-state index in [9.17, 15) is 22.4 Å². The fourth-order valence-corrected chi connectivity index (χ4v) is 6.66. The van der Waals surface area contributed by atoms with E-state index < -0.39 is 45.8 Å². The van der Waals surface area contributed by atoms with Crippen molar-refractivity contribution in [1.82, 2.24) is 10.2 Å². The van der Waals surface area contributed by atoms with Gasteiger partial charge in [0.15, 0.2) is 11.5 Å². The lowest BCUT2D eigenvalue weighted by molar-refractivity contribution is -0.140. The van der Waals surface area contributed by atoms with E-state index in [0.29, 0.717) is 23.7 Å². The number of hydrogen-bond donors (Lipinski definition) is 1. The summed E-state index contributed by atoms with van der Waals surface area (Å²) in [6.45, 7) is 5.46. The normalized spacial score (nSPS) is 13.4. The van der Waals surface area contributed by atoms with Crippen LogP contribution in [-0.2, 0) is 32.6 Å². The fraction of sp³-hybridized carbons (Fsp3) is 0.278. The number of amides is 2. The second-order valence-corrected chi connectivity index (χ2v) is 14.1. The minimum Gasteiger partial charge on any atom is -0.486 e. The van der Waals surface area contributed by atoms with Gasteiger partial charge in [0.2, 0.25) is 11.8 Å². The third-order valence-corrected chi connectivity index (χ3v) is 9.25. The molecule has 0 saturated heterocycles. The van der Waals surface area contributed by atoms with Crippen LogP contribution in [0.1, 0.15) is 31.9 Å². The Bertz CT molecular complexity index is 1800. The highest BCUT2D eigenvalue weighted by molar-refractivity contribution is 7.92. The van der Waals surface area contributed by atoms with Gasteiger partial charge in [-0.15, -0.1) is 0 Å². The van der Waals surface area contributed by atoms with Crippen molar-refractivity contribution in [2.45, 2.75) is 50.2 Å². The molecule has 0 radical (unpaired) electrons. The van der Waals surface area contributed by atoms with Gasteiger partial charge in [0, 0.05) is 24.6 Å². The number of halogens is 1. The number of carbonyl (C=O) groups is 2. The van der Waals surface area contributed by atoms with Gasteiger partial charge in [-0.1, -0.05) is 60.7 Å². The summed E-state index contributed by atoms with van der Waals surface area (Å²) in [7, 11) is -4.28. The average molecular weight is 660 g/mol. The lowest BCUT2D eigenvalue weighted by Crippen LogP contribution is -2.56. The number of sulfonamides is 1. The van der Waals surface area contributed by atoms with E-state index in [1.54, 1.807) is 30.3 Å². The summed E-state index contributed by atoms with van der Waals surface area (Å²) < 4.78 is 54.7. The quantitative estimate of drug-likeness (QED) is 0.233. The number of rotatable bonds is 11. The molecule has 1 aliphatic rings. The Hall–Kier alpha value is -4.90. The molecule has 0 bridgehead atoms. The number of anilines is 1. The predicted octanol–water partition coefficient (Wildman–Crippen LogP) is 5.35. The molecule has 4 aromatic rings. The van der Waals surface area contributed by atoms with Gasteiger partial charge in [-0.2, -0.15) is 0 Å². The van der Waals surface area contributed by atoms with Crippen molar-refractivity contribution in [3.63, 3.8) is 0 Å². The molecule has 9 nitrogen and oxygen atoms in total. The first kappa shape index (κ1) is 33.5. The van der Waals surface area contributed by atoms with Crippen molar-refractivity contribution >= 4 is 27.5 Å². The number of carbonyl (C=O) groups excluding carboxylic acids is 2. The molecule has 1 N–H and O–H groups in total. The van der Waals surface area contributed by atoms with Gasteiger partial charge >= 0.3 is 0 Å². The van der Waals surface area contributed by atoms with E-state index in [2.05, 4.69) is 5.32 Å². The van der Waals surface area contributed by atoms with Crippen LogP contribution >= 0.6 is 0 Å². The SMILES string of the molecule is CC(C)(C)NC(=O)[C@H](Cc1ccccc1)N(Cc1ccc(F)cc1)C(=O)CN(c1ccc2c(c1)OCCO2)S(=O)(=O)c1ccccc1.